The lowest BCUT2D eigenvalue weighted by molar-refractivity contribution is 0.299. The molecule has 0 aromatic carbocycles. The number of nitrogens with zero attached hydrogens (tertiary/aromatic N) is 2. The third-order valence-electron chi connectivity index (χ3n) is 2.29. The molecule has 0 aliphatic heterocycles. The second-order valence-corrected chi connectivity index (χ2v) is 3.41. The van der Waals surface area contributed by atoms with Crippen molar-refractivity contribution in [3.8, 4) is 0 Å². The van der Waals surface area contributed by atoms with Gasteiger partial charge < -0.3 is 9.73 Å². The van der Waals surface area contributed by atoms with Gasteiger partial charge in [0.1, 0.15) is 17.1 Å². The van der Waals surface area contributed by atoms with Crippen LogP contribution in [-0.2, 0) is 6.54 Å². The minimum atomic E-state index is 0.149. The van der Waals surface area contributed by atoms with Crippen LogP contribution in [-0.4, -0.2) is 10.3 Å². The first-order chi connectivity index (χ1) is 7.27. The maximum atomic E-state index is 5.27. The average molecular weight is 207 g/mol. The summed E-state index contributed by atoms with van der Waals surface area (Å²) >= 11 is 0. The third-order valence-corrected chi connectivity index (χ3v) is 2.29. The molecular weight excluding hydrogens is 194 g/mol. The Morgan fingerprint density at radius 3 is 2.93 bits per heavy atom. The molecule has 2 heterocycles. The Bertz CT molecular complexity index is 408. The Labute approximate surface area is 87.4 Å². The van der Waals surface area contributed by atoms with Crippen LogP contribution in [0, 0.1) is 6.92 Å². The summed E-state index contributed by atoms with van der Waals surface area (Å²) in [4.78, 5) is 0. The topological polar surface area (TPSA) is 64.1 Å². The Morgan fingerprint density at radius 2 is 2.33 bits per heavy atom. The van der Waals surface area contributed by atoms with Gasteiger partial charge in [-0.25, -0.2) is 4.63 Å². The van der Waals surface area contributed by atoms with E-state index in [2.05, 4.69) is 20.3 Å². The van der Waals surface area contributed by atoms with Gasteiger partial charge in [-0.3, -0.25) is 0 Å². The first kappa shape index (κ1) is 9.92. The summed E-state index contributed by atoms with van der Waals surface area (Å²) in [6, 6.07) is 3.96. The van der Waals surface area contributed by atoms with E-state index in [1.807, 2.05) is 26.0 Å². The van der Waals surface area contributed by atoms with Crippen molar-refractivity contribution >= 4 is 0 Å². The molecule has 0 saturated carbocycles. The van der Waals surface area contributed by atoms with Crippen LogP contribution in [0.3, 0.4) is 0 Å². The van der Waals surface area contributed by atoms with E-state index in [1.165, 1.54) is 0 Å². The second kappa shape index (κ2) is 4.27. The monoisotopic (exact) mass is 207 g/mol. The van der Waals surface area contributed by atoms with Gasteiger partial charge in [-0.05, 0) is 26.0 Å². The van der Waals surface area contributed by atoms with Gasteiger partial charge in [-0.2, -0.15) is 0 Å². The Morgan fingerprint density at radius 1 is 1.47 bits per heavy atom. The average Bonchev–Trinajstić information content (AvgIpc) is 2.85. The summed E-state index contributed by atoms with van der Waals surface area (Å²) in [5.41, 5.74) is 1.64. The van der Waals surface area contributed by atoms with Crippen molar-refractivity contribution in [3.63, 3.8) is 0 Å². The molecule has 0 unspecified atom stereocenters. The van der Waals surface area contributed by atoms with Crippen LogP contribution in [0.2, 0.25) is 0 Å². The molecule has 5 nitrogen and oxygen atoms in total. The maximum absolute atomic E-state index is 5.27. The molecule has 0 spiro atoms. The fourth-order valence-electron chi connectivity index (χ4n) is 1.30. The zero-order valence-electron chi connectivity index (χ0n) is 8.73. The lowest BCUT2D eigenvalue weighted by Gasteiger charge is -2.09. The first-order valence-electron chi connectivity index (χ1n) is 4.82. The molecule has 80 valence electrons. The number of hydrogen-bond donors (Lipinski definition) is 1. The molecule has 0 radical (unpaired) electrons. The van der Waals surface area contributed by atoms with Crippen LogP contribution < -0.4 is 5.32 Å². The molecule has 0 aliphatic carbocycles. The molecule has 5 heteroatoms. The Balaban J connectivity index is 1.91. The van der Waals surface area contributed by atoms with E-state index in [4.69, 9.17) is 4.42 Å². The minimum Gasteiger partial charge on any atom is -0.468 e. The normalized spacial score (nSPS) is 12.9. The van der Waals surface area contributed by atoms with Crippen molar-refractivity contribution in [3.05, 3.63) is 35.5 Å². The number of furan rings is 1. The number of hydrogen-bond acceptors (Lipinski definition) is 5. The summed E-state index contributed by atoms with van der Waals surface area (Å²) in [6.45, 7) is 4.52. The highest BCUT2D eigenvalue weighted by atomic mass is 16.6. The van der Waals surface area contributed by atoms with Crippen LogP contribution in [0.15, 0.2) is 27.4 Å². The number of nitrogens with one attached hydrogen (secondary N) is 1. The molecular formula is C10H13N3O2. The van der Waals surface area contributed by atoms with Crippen LogP contribution in [0.25, 0.3) is 0 Å². The molecule has 2 rings (SSSR count). The summed E-state index contributed by atoms with van der Waals surface area (Å²) in [7, 11) is 0. The second-order valence-electron chi connectivity index (χ2n) is 3.41. The lowest BCUT2D eigenvalue weighted by Crippen LogP contribution is -2.18. The quantitative estimate of drug-likeness (QED) is 0.828. The highest BCUT2D eigenvalue weighted by Crippen LogP contribution is 2.13. The summed E-state index contributed by atoms with van der Waals surface area (Å²) < 4.78 is 9.88. The fraction of sp³-hybridized carbons (Fsp3) is 0.400. The van der Waals surface area contributed by atoms with E-state index < -0.39 is 0 Å². The van der Waals surface area contributed by atoms with Gasteiger partial charge in [0.25, 0.3) is 0 Å². The van der Waals surface area contributed by atoms with Crippen LogP contribution in [0.1, 0.15) is 30.1 Å². The van der Waals surface area contributed by atoms with E-state index in [-0.39, 0.29) is 6.04 Å². The largest absolute Gasteiger partial charge is 0.468 e. The lowest BCUT2D eigenvalue weighted by atomic mass is 10.2. The molecule has 0 saturated heterocycles. The molecule has 2 aromatic heterocycles. The van der Waals surface area contributed by atoms with Gasteiger partial charge in [-0.15, -0.1) is 0 Å². The van der Waals surface area contributed by atoms with Crippen molar-refractivity contribution in [1.82, 2.24) is 15.6 Å². The van der Waals surface area contributed by atoms with Crippen LogP contribution in [0.4, 0.5) is 0 Å². The zero-order chi connectivity index (χ0) is 10.7. The molecule has 1 atom stereocenters. The van der Waals surface area contributed by atoms with Gasteiger partial charge in [0.2, 0.25) is 0 Å². The van der Waals surface area contributed by atoms with Gasteiger partial charge in [0.05, 0.1) is 12.3 Å². The Kier molecular flexibility index (Phi) is 2.82. The summed E-state index contributed by atoms with van der Waals surface area (Å²) in [5.74, 6) is 0.907. The molecule has 0 aliphatic rings. The van der Waals surface area contributed by atoms with E-state index in [1.54, 1.807) is 6.26 Å². The first-order valence-corrected chi connectivity index (χ1v) is 4.82. The highest BCUT2D eigenvalue weighted by Gasteiger charge is 2.10. The molecule has 0 fully saturated rings. The van der Waals surface area contributed by atoms with E-state index in [0.717, 1.165) is 17.1 Å². The van der Waals surface area contributed by atoms with Crippen molar-refractivity contribution in [1.29, 1.82) is 0 Å². The third kappa shape index (κ3) is 2.24. The molecule has 1 N–H and O–H groups in total. The maximum Gasteiger partial charge on any atom is 0.121 e. The van der Waals surface area contributed by atoms with Crippen molar-refractivity contribution in [2.45, 2.75) is 26.4 Å². The highest BCUT2D eigenvalue weighted by molar-refractivity contribution is 5.06. The molecule has 2 aromatic rings. The standard InChI is InChI=1S/C10H13N3O2/c1-7-9(13-15-12-7)6-11-8(2)10-4-3-5-14-10/h3-5,8,11H,6H2,1-2H3/t8-/m0/s1. The summed E-state index contributed by atoms with van der Waals surface area (Å²) in [6.07, 6.45) is 1.66. The molecule has 15 heavy (non-hydrogen) atoms. The predicted octanol–water partition coefficient (Wildman–Crippen LogP) is 1.82. The summed E-state index contributed by atoms with van der Waals surface area (Å²) in [5, 5.41) is 10.8. The SMILES string of the molecule is Cc1nonc1CN[C@@H](C)c1ccco1. The van der Waals surface area contributed by atoms with Crippen molar-refractivity contribution in [2.24, 2.45) is 0 Å². The van der Waals surface area contributed by atoms with E-state index in [9.17, 15) is 0 Å². The smallest absolute Gasteiger partial charge is 0.121 e. The van der Waals surface area contributed by atoms with E-state index >= 15 is 0 Å². The van der Waals surface area contributed by atoms with Gasteiger partial charge in [-0.1, -0.05) is 10.3 Å². The zero-order valence-corrected chi connectivity index (χ0v) is 8.73. The fourth-order valence-corrected chi connectivity index (χ4v) is 1.30. The van der Waals surface area contributed by atoms with Crippen molar-refractivity contribution < 1.29 is 9.05 Å². The van der Waals surface area contributed by atoms with Crippen molar-refractivity contribution in [2.75, 3.05) is 0 Å². The molecule has 0 bridgehead atoms. The van der Waals surface area contributed by atoms with Crippen LogP contribution >= 0.6 is 0 Å². The van der Waals surface area contributed by atoms with E-state index in [0.29, 0.717) is 6.54 Å². The predicted molar refractivity (Wildman–Crippen MR) is 53.0 cm³/mol. The van der Waals surface area contributed by atoms with Gasteiger partial charge in [0, 0.05) is 6.54 Å². The Hall–Kier alpha value is -1.62. The van der Waals surface area contributed by atoms with Gasteiger partial charge in [0.15, 0.2) is 0 Å². The minimum absolute atomic E-state index is 0.149. The van der Waals surface area contributed by atoms with Crippen LogP contribution in [0.5, 0.6) is 0 Å². The number of rotatable bonds is 4. The number of aromatic nitrogens is 2. The number of aryl methyl sites for hydroxylation is 1. The molecule has 0 amide bonds. The van der Waals surface area contributed by atoms with Gasteiger partial charge >= 0.3 is 0 Å².